The van der Waals surface area contributed by atoms with Crippen LogP contribution < -0.4 is 24.8 Å². The monoisotopic (exact) mass is 608 g/mol. The van der Waals surface area contributed by atoms with Crippen molar-refractivity contribution in [3.8, 4) is 11.4 Å². The molecule has 0 bridgehead atoms. The van der Waals surface area contributed by atoms with Crippen molar-refractivity contribution in [3.63, 3.8) is 0 Å². The largest absolute Gasteiger partial charge is 1.00 e. The molecule has 36 heavy (non-hydrogen) atoms. The third-order valence-corrected chi connectivity index (χ3v) is 27.1. The van der Waals surface area contributed by atoms with Gasteiger partial charge in [-0.25, -0.2) is 0 Å². The molecule has 0 N–H and O–H groups in total. The Morgan fingerprint density at radius 1 is 0.722 bits per heavy atom. The van der Waals surface area contributed by atoms with Crippen LogP contribution in [0.2, 0.25) is 13.1 Å². The minimum atomic E-state index is -2.06. The second kappa shape index (κ2) is 10.8. The summed E-state index contributed by atoms with van der Waals surface area (Å²) in [6, 6.07) is 17.8. The van der Waals surface area contributed by atoms with Gasteiger partial charge in [-0.05, 0) is 0 Å². The molecule has 0 fully saturated rings. The summed E-state index contributed by atoms with van der Waals surface area (Å²) in [7, 11) is 0. The van der Waals surface area contributed by atoms with E-state index in [9.17, 15) is 0 Å². The molecule has 8 heteroatoms. The molecule has 4 nitrogen and oxygen atoms in total. The summed E-state index contributed by atoms with van der Waals surface area (Å²) < 4.78 is 5.21. The predicted molar refractivity (Wildman–Crippen MR) is 137 cm³/mol. The molecule has 2 aliphatic carbocycles. The molecule has 0 saturated carbocycles. The van der Waals surface area contributed by atoms with Crippen LogP contribution in [0.1, 0.15) is 43.4 Å². The number of fused-ring (bicyclic) bond motifs is 2. The van der Waals surface area contributed by atoms with Crippen molar-refractivity contribution in [2.75, 3.05) is 0 Å². The molecule has 2 heterocycles. The number of halogens is 2. The van der Waals surface area contributed by atoms with Gasteiger partial charge in [0, 0.05) is 0 Å². The van der Waals surface area contributed by atoms with Crippen LogP contribution in [0.3, 0.4) is 0 Å². The Balaban J connectivity index is 0.00000152. The van der Waals surface area contributed by atoms with Crippen molar-refractivity contribution in [1.82, 2.24) is 19.6 Å². The van der Waals surface area contributed by atoms with Crippen molar-refractivity contribution in [3.05, 3.63) is 107 Å². The standard InChI is InChI=1S/2C13H11N2.C2H6Si.2ClH.Zr/c2*1-10-7-11-3-4-13(9-12(11)8-10)15-6-2-5-14-15;1-3-2;;;/h2*2-9H,1H3;1-2H3;2*1H;/q;;;;;+2/p-2. The smallest absolute Gasteiger partial charge is 1.00 e. The Bertz CT molecular complexity index is 1390. The fourth-order valence-electron chi connectivity index (χ4n) is 5.73. The summed E-state index contributed by atoms with van der Waals surface area (Å²) in [6.07, 6.45) is 12.7. The Labute approximate surface area is 233 Å². The second-order valence-corrected chi connectivity index (χ2v) is 27.5. The second-order valence-electron chi connectivity index (χ2n) is 9.63. The SMILES string of the molecule is CC1=Cc2ccc(-n3cccn3)cc2[C@@H]1[Zr+2]([C@H]1C(C)=Cc2ccc(-n3cccn3)cc21)=[Si](C)C.[Cl-].[Cl-]. The van der Waals surface area contributed by atoms with Crippen LogP contribution in [-0.4, -0.2) is 25.0 Å². The van der Waals surface area contributed by atoms with E-state index in [-0.39, 0.29) is 24.8 Å². The van der Waals surface area contributed by atoms with E-state index in [1.807, 2.05) is 46.3 Å². The van der Waals surface area contributed by atoms with Gasteiger partial charge in [-0.2, -0.15) is 0 Å². The fraction of sp³-hybridized carbons (Fsp3) is 0.214. The Morgan fingerprint density at radius 3 is 1.53 bits per heavy atom. The summed E-state index contributed by atoms with van der Waals surface area (Å²) in [5.74, 6) is 0. The first-order valence-electron chi connectivity index (χ1n) is 11.8. The molecule has 0 saturated heterocycles. The number of benzene rings is 2. The predicted octanol–water partition coefficient (Wildman–Crippen LogP) is 0.552. The van der Waals surface area contributed by atoms with E-state index in [2.05, 4.69) is 85.7 Å². The zero-order chi connectivity index (χ0) is 23.4. The van der Waals surface area contributed by atoms with Crippen LogP contribution in [0.25, 0.3) is 23.5 Å². The van der Waals surface area contributed by atoms with Gasteiger partial charge in [0.2, 0.25) is 0 Å². The number of rotatable bonds is 4. The van der Waals surface area contributed by atoms with Gasteiger partial charge in [0.05, 0.1) is 0 Å². The Hall–Kier alpha value is -1.98. The van der Waals surface area contributed by atoms with Crippen molar-refractivity contribution in [2.24, 2.45) is 0 Å². The Morgan fingerprint density at radius 2 is 1.17 bits per heavy atom. The number of aromatic nitrogens is 4. The van der Waals surface area contributed by atoms with Crippen molar-refractivity contribution in [1.29, 1.82) is 0 Å². The molecule has 0 radical (unpaired) electrons. The Kier molecular flexibility index (Phi) is 8.11. The van der Waals surface area contributed by atoms with E-state index in [0.717, 1.165) is 0 Å². The van der Waals surface area contributed by atoms with E-state index in [1.54, 1.807) is 11.1 Å². The summed E-state index contributed by atoms with van der Waals surface area (Å²) in [5, 5.41) is 8.99. The molecule has 2 aromatic carbocycles. The fourth-order valence-corrected chi connectivity index (χ4v) is 26.5. The van der Waals surface area contributed by atoms with E-state index < -0.39 is 25.8 Å². The van der Waals surface area contributed by atoms with E-state index in [4.69, 9.17) is 0 Å². The number of hydrogen-bond donors (Lipinski definition) is 0. The molecular weight excluding hydrogens is 583 g/mol. The molecule has 2 aliphatic rings. The third kappa shape index (κ3) is 4.58. The minimum Gasteiger partial charge on any atom is -1.00 e. The summed E-state index contributed by atoms with van der Waals surface area (Å²) in [4.78, 5) is 0. The maximum atomic E-state index is 4.49. The normalized spacial score (nSPS) is 17.1. The van der Waals surface area contributed by atoms with Crippen LogP contribution in [0.15, 0.2) is 84.5 Å². The molecule has 4 aromatic rings. The van der Waals surface area contributed by atoms with Crippen LogP contribution in [0.5, 0.6) is 0 Å². The van der Waals surface area contributed by atoms with E-state index in [1.165, 1.54) is 33.6 Å². The molecule has 182 valence electrons. The van der Waals surface area contributed by atoms with Gasteiger partial charge in [-0.1, -0.05) is 0 Å². The van der Waals surface area contributed by atoms with Crippen LogP contribution in [-0.2, 0) is 20.4 Å². The summed E-state index contributed by atoms with van der Waals surface area (Å²) in [5.41, 5.74) is 10.9. The van der Waals surface area contributed by atoms with Crippen molar-refractivity contribution in [2.45, 2.75) is 34.2 Å². The van der Waals surface area contributed by atoms with E-state index >= 15 is 0 Å². The van der Waals surface area contributed by atoms with Gasteiger partial charge in [0.15, 0.2) is 0 Å². The number of hydrogen-bond acceptors (Lipinski definition) is 2. The topological polar surface area (TPSA) is 35.6 Å². The third-order valence-electron chi connectivity index (χ3n) is 7.18. The first-order valence-corrected chi connectivity index (χ1v) is 20.9. The summed E-state index contributed by atoms with van der Waals surface area (Å²) in [6.45, 7) is 9.90. The molecule has 6 rings (SSSR count). The van der Waals surface area contributed by atoms with Crippen molar-refractivity contribution >= 4 is 17.6 Å². The molecule has 2 aromatic heterocycles. The quantitative estimate of drug-likeness (QED) is 0.317. The molecular formula is C28H28Cl2N4SiZr. The van der Waals surface area contributed by atoms with E-state index in [0.29, 0.717) is 7.25 Å². The maximum absolute atomic E-state index is 4.49. The van der Waals surface area contributed by atoms with Crippen LogP contribution in [0, 0.1) is 0 Å². The van der Waals surface area contributed by atoms with Gasteiger partial charge in [0.25, 0.3) is 0 Å². The van der Waals surface area contributed by atoms with Gasteiger partial charge in [0.1, 0.15) is 0 Å². The molecule has 0 amide bonds. The van der Waals surface area contributed by atoms with Gasteiger partial charge in [-0.15, -0.1) is 0 Å². The zero-order valence-corrected chi connectivity index (χ0v) is 25.8. The zero-order valence-electron chi connectivity index (χ0n) is 20.8. The molecule has 0 spiro atoms. The first kappa shape index (κ1) is 27.1. The molecule has 0 aliphatic heterocycles. The molecule has 2 atom stereocenters. The minimum absolute atomic E-state index is 0. The van der Waals surface area contributed by atoms with Crippen molar-refractivity contribution < 1.29 is 45.2 Å². The van der Waals surface area contributed by atoms with Gasteiger partial charge >= 0.3 is 210 Å². The molecule has 0 unspecified atom stereocenters. The average Bonchev–Trinajstić information content (AvgIpc) is 3.61. The van der Waals surface area contributed by atoms with Gasteiger partial charge in [-0.3, -0.25) is 0 Å². The summed E-state index contributed by atoms with van der Waals surface area (Å²) >= 11 is -2.06. The van der Waals surface area contributed by atoms with Gasteiger partial charge < -0.3 is 24.8 Å². The maximum Gasteiger partial charge on any atom is -1.00 e. The number of nitrogens with zero attached hydrogens (tertiary/aromatic N) is 4. The average molecular weight is 611 g/mol. The number of allylic oxidation sites excluding steroid dienone is 2. The first-order chi connectivity index (χ1) is 16.5. The van der Waals surface area contributed by atoms with Crippen LogP contribution >= 0.6 is 0 Å². The van der Waals surface area contributed by atoms with Crippen LogP contribution in [0.4, 0.5) is 0 Å².